The quantitative estimate of drug-likeness (QED) is 0.550. The second-order valence-corrected chi connectivity index (χ2v) is 7.20. The molecular weight excluding hydrogens is 366 g/mol. The van der Waals surface area contributed by atoms with Crippen LogP contribution in [0.4, 0.5) is 0 Å². The lowest BCUT2D eigenvalue weighted by Gasteiger charge is -2.30. The number of amides is 1. The van der Waals surface area contributed by atoms with Gasteiger partial charge in [0.25, 0.3) is 0 Å². The number of hydrogen-bond donors (Lipinski definition) is 0. The van der Waals surface area contributed by atoms with Gasteiger partial charge in [0.2, 0.25) is 5.91 Å². The van der Waals surface area contributed by atoms with Crippen molar-refractivity contribution in [2.75, 3.05) is 26.0 Å². The molecule has 1 amide bonds. The van der Waals surface area contributed by atoms with Crippen molar-refractivity contribution in [3.63, 3.8) is 0 Å². The van der Waals surface area contributed by atoms with Crippen molar-refractivity contribution in [2.45, 2.75) is 31.5 Å². The summed E-state index contributed by atoms with van der Waals surface area (Å²) in [5.41, 5.74) is 0.947. The van der Waals surface area contributed by atoms with Crippen LogP contribution >= 0.6 is 11.8 Å². The summed E-state index contributed by atoms with van der Waals surface area (Å²) >= 11 is 1.39. The Morgan fingerprint density at radius 1 is 1.22 bits per heavy atom. The molecule has 2 aromatic rings. The molecule has 0 saturated carbocycles. The molecule has 3 rings (SSSR count). The molecule has 144 valence electrons. The fourth-order valence-electron chi connectivity index (χ4n) is 3.14. The maximum absolute atomic E-state index is 12.5. The lowest BCUT2D eigenvalue weighted by molar-refractivity contribution is -0.148. The number of likely N-dealkylation sites (tertiary alicyclic amines) is 1. The zero-order chi connectivity index (χ0) is 19.2. The summed E-state index contributed by atoms with van der Waals surface area (Å²) in [5, 5.41) is 9.25. The zero-order valence-corrected chi connectivity index (χ0v) is 16.3. The molecule has 0 bridgehead atoms. The molecule has 0 aromatic carbocycles. The molecule has 1 saturated heterocycles. The predicted molar refractivity (Wildman–Crippen MR) is 101 cm³/mol. The number of ether oxygens (including phenoxy) is 1. The third kappa shape index (κ3) is 4.47. The summed E-state index contributed by atoms with van der Waals surface area (Å²) in [6, 6.07) is 3.78. The minimum absolute atomic E-state index is 0.0550. The Kier molecular flexibility index (Phi) is 6.44. The SMILES string of the molecule is CCn1c(SCC(=O)N2CCC(C(=O)OC)CC2)nnc1-c1ccncc1. The van der Waals surface area contributed by atoms with Crippen molar-refractivity contribution in [1.82, 2.24) is 24.6 Å². The zero-order valence-electron chi connectivity index (χ0n) is 15.5. The molecule has 1 fully saturated rings. The number of thioether (sulfide) groups is 1. The van der Waals surface area contributed by atoms with Crippen LogP contribution in [-0.4, -0.2) is 62.5 Å². The van der Waals surface area contributed by atoms with Crippen LogP contribution in [-0.2, 0) is 20.9 Å². The van der Waals surface area contributed by atoms with Crippen LogP contribution in [0.5, 0.6) is 0 Å². The van der Waals surface area contributed by atoms with E-state index in [1.54, 1.807) is 12.4 Å². The second-order valence-electron chi connectivity index (χ2n) is 6.25. The molecule has 1 aliphatic heterocycles. The number of pyridine rings is 1. The average Bonchev–Trinajstić information content (AvgIpc) is 3.15. The Labute approximate surface area is 162 Å². The molecule has 0 atom stereocenters. The molecule has 9 heteroatoms. The summed E-state index contributed by atoms with van der Waals surface area (Å²) in [7, 11) is 1.40. The average molecular weight is 389 g/mol. The van der Waals surface area contributed by atoms with E-state index in [1.807, 2.05) is 28.5 Å². The highest BCUT2D eigenvalue weighted by Gasteiger charge is 2.28. The van der Waals surface area contributed by atoms with E-state index in [0.29, 0.717) is 38.2 Å². The summed E-state index contributed by atoms with van der Waals surface area (Å²) in [6.45, 7) is 3.91. The Balaban J connectivity index is 1.58. The van der Waals surface area contributed by atoms with Crippen molar-refractivity contribution >= 4 is 23.6 Å². The van der Waals surface area contributed by atoms with Crippen LogP contribution in [0.15, 0.2) is 29.7 Å². The highest BCUT2D eigenvalue weighted by atomic mass is 32.2. The topological polar surface area (TPSA) is 90.2 Å². The minimum atomic E-state index is -0.184. The van der Waals surface area contributed by atoms with Crippen molar-refractivity contribution in [2.24, 2.45) is 5.92 Å². The van der Waals surface area contributed by atoms with Gasteiger partial charge in [0.05, 0.1) is 18.8 Å². The first-order valence-electron chi connectivity index (χ1n) is 8.96. The smallest absolute Gasteiger partial charge is 0.308 e. The second kappa shape index (κ2) is 8.98. The summed E-state index contributed by atoms with van der Waals surface area (Å²) < 4.78 is 6.78. The van der Waals surface area contributed by atoms with E-state index in [2.05, 4.69) is 15.2 Å². The van der Waals surface area contributed by atoms with E-state index in [9.17, 15) is 9.59 Å². The number of methoxy groups -OCH3 is 1. The normalized spacial score (nSPS) is 15.0. The fourth-order valence-corrected chi connectivity index (χ4v) is 4.05. The summed E-state index contributed by atoms with van der Waals surface area (Å²) in [5.74, 6) is 0.847. The first kappa shape index (κ1) is 19.3. The summed E-state index contributed by atoms with van der Waals surface area (Å²) in [6.07, 6.45) is 4.75. The maximum Gasteiger partial charge on any atom is 0.308 e. The van der Waals surface area contributed by atoms with E-state index in [1.165, 1.54) is 18.9 Å². The molecular formula is C18H23N5O3S. The largest absolute Gasteiger partial charge is 0.469 e. The van der Waals surface area contributed by atoms with Gasteiger partial charge < -0.3 is 14.2 Å². The van der Waals surface area contributed by atoms with Gasteiger partial charge in [0, 0.05) is 37.6 Å². The van der Waals surface area contributed by atoms with Gasteiger partial charge in [-0.05, 0) is 31.9 Å². The van der Waals surface area contributed by atoms with Crippen LogP contribution in [0.25, 0.3) is 11.4 Å². The van der Waals surface area contributed by atoms with E-state index in [-0.39, 0.29) is 17.8 Å². The van der Waals surface area contributed by atoms with Gasteiger partial charge in [-0.25, -0.2) is 0 Å². The number of carbonyl (C=O) groups excluding carboxylic acids is 2. The van der Waals surface area contributed by atoms with Gasteiger partial charge in [-0.2, -0.15) is 0 Å². The van der Waals surface area contributed by atoms with Gasteiger partial charge in [0.15, 0.2) is 11.0 Å². The number of rotatable bonds is 6. The molecule has 1 aliphatic rings. The highest BCUT2D eigenvalue weighted by Crippen LogP contribution is 2.25. The van der Waals surface area contributed by atoms with Crippen molar-refractivity contribution < 1.29 is 14.3 Å². The Hall–Kier alpha value is -2.42. The lowest BCUT2D eigenvalue weighted by atomic mass is 9.97. The number of aromatic nitrogens is 4. The van der Waals surface area contributed by atoms with Gasteiger partial charge >= 0.3 is 5.97 Å². The molecule has 0 aliphatic carbocycles. The molecule has 2 aromatic heterocycles. The Morgan fingerprint density at radius 3 is 2.56 bits per heavy atom. The molecule has 0 unspecified atom stereocenters. The van der Waals surface area contributed by atoms with Crippen LogP contribution in [0.3, 0.4) is 0 Å². The molecule has 27 heavy (non-hydrogen) atoms. The number of nitrogens with zero attached hydrogens (tertiary/aromatic N) is 5. The van der Waals surface area contributed by atoms with Gasteiger partial charge in [-0.15, -0.1) is 10.2 Å². The number of carbonyl (C=O) groups is 2. The van der Waals surface area contributed by atoms with Gasteiger partial charge in [0.1, 0.15) is 0 Å². The minimum Gasteiger partial charge on any atom is -0.469 e. The van der Waals surface area contributed by atoms with E-state index < -0.39 is 0 Å². The number of hydrogen-bond acceptors (Lipinski definition) is 7. The molecule has 8 nitrogen and oxygen atoms in total. The van der Waals surface area contributed by atoms with Gasteiger partial charge in [-0.3, -0.25) is 14.6 Å². The molecule has 3 heterocycles. The van der Waals surface area contributed by atoms with E-state index in [4.69, 9.17) is 4.74 Å². The first-order valence-corrected chi connectivity index (χ1v) is 9.94. The molecule has 0 radical (unpaired) electrons. The monoisotopic (exact) mass is 389 g/mol. The molecule has 0 spiro atoms. The van der Waals surface area contributed by atoms with E-state index in [0.717, 1.165) is 16.5 Å². The van der Waals surface area contributed by atoms with Crippen LogP contribution in [0.1, 0.15) is 19.8 Å². The lowest BCUT2D eigenvalue weighted by Crippen LogP contribution is -2.41. The van der Waals surface area contributed by atoms with E-state index >= 15 is 0 Å². The number of esters is 1. The standard InChI is InChI=1S/C18H23N5O3S/c1-3-23-16(13-4-8-19-9-5-13)20-21-18(23)27-12-15(24)22-10-6-14(7-11-22)17(25)26-2/h4-5,8-9,14H,3,6-7,10-12H2,1-2H3. The van der Waals surface area contributed by atoms with Gasteiger partial charge in [-0.1, -0.05) is 11.8 Å². The van der Waals surface area contributed by atoms with Crippen LogP contribution in [0.2, 0.25) is 0 Å². The molecule has 0 N–H and O–H groups in total. The third-order valence-corrected chi connectivity index (χ3v) is 5.63. The number of piperidine rings is 1. The predicted octanol–water partition coefficient (Wildman–Crippen LogP) is 1.86. The summed E-state index contributed by atoms with van der Waals surface area (Å²) in [4.78, 5) is 29.9. The Morgan fingerprint density at radius 2 is 1.93 bits per heavy atom. The maximum atomic E-state index is 12.5. The third-order valence-electron chi connectivity index (χ3n) is 4.68. The van der Waals surface area contributed by atoms with Crippen molar-refractivity contribution in [3.8, 4) is 11.4 Å². The fraction of sp³-hybridized carbons (Fsp3) is 0.500. The first-order chi connectivity index (χ1) is 13.1. The Bertz CT molecular complexity index is 788. The van der Waals surface area contributed by atoms with Crippen molar-refractivity contribution in [1.29, 1.82) is 0 Å². The van der Waals surface area contributed by atoms with Crippen LogP contribution in [0, 0.1) is 5.92 Å². The van der Waals surface area contributed by atoms with Crippen LogP contribution < -0.4 is 0 Å². The highest BCUT2D eigenvalue weighted by molar-refractivity contribution is 7.99. The van der Waals surface area contributed by atoms with Crippen molar-refractivity contribution in [3.05, 3.63) is 24.5 Å².